The molecule has 3 N–H and O–H groups in total. The molecule has 0 spiro atoms. The van der Waals surface area contributed by atoms with Crippen LogP contribution in [0.3, 0.4) is 0 Å². The summed E-state index contributed by atoms with van der Waals surface area (Å²) in [5.74, 6) is -1.88. The lowest BCUT2D eigenvalue weighted by atomic mass is 10.2. The van der Waals surface area contributed by atoms with Crippen molar-refractivity contribution in [3.63, 3.8) is 0 Å². The van der Waals surface area contributed by atoms with Crippen LogP contribution >= 0.6 is 0 Å². The smallest absolute Gasteiger partial charge is 0.331 e. The third kappa shape index (κ3) is 5.77. The van der Waals surface area contributed by atoms with E-state index in [9.17, 15) is 24.5 Å². The number of hydrogen-bond donors (Lipinski definition) is 2. The fourth-order valence-electron chi connectivity index (χ4n) is 2.10. The highest BCUT2D eigenvalue weighted by Gasteiger charge is 2.16. The first kappa shape index (κ1) is 20.3. The zero-order chi connectivity index (χ0) is 20.7. The van der Waals surface area contributed by atoms with Crippen LogP contribution in [-0.2, 0) is 14.3 Å². The number of amides is 2. The van der Waals surface area contributed by atoms with Crippen LogP contribution in [-0.4, -0.2) is 28.8 Å². The maximum atomic E-state index is 12.1. The van der Waals surface area contributed by atoms with Gasteiger partial charge in [-0.2, -0.15) is 0 Å². The average molecular weight is 383 g/mol. The second kappa shape index (κ2) is 9.08. The Morgan fingerprint density at radius 3 is 2.25 bits per heavy atom. The van der Waals surface area contributed by atoms with Crippen LogP contribution in [0, 0.1) is 10.1 Å². The number of anilines is 1. The Morgan fingerprint density at radius 1 is 1.11 bits per heavy atom. The largest absolute Gasteiger partial charge is 0.449 e. The first-order chi connectivity index (χ1) is 13.3. The van der Waals surface area contributed by atoms with E-state index in [2.05, 4.69) is 5.32 Å². The molecule has 144 valence electrons. The Bertz CT molecular complexity index is 920. The third-order valence-corrected chi connectivity index (χ3v) is 3.61. The van der Waals surface area contributed by atoms with Gasteiger partial charge in [-0.05, 0) is 55.0 Å². The summed E-state index contributed by atoms with van der Waals surface area (Å²) in [5, 5.41) is 13.1. The van der Waals surface area contributed by atoms with Gasteiger partial charge in [0.15, 0.2) is 6.10 Å². The van der Waals surface area contributed by atoms with Crippen molar-refractivity contribution in [2.24, 2.45) is 5.73 Å². The molecule has 0 aliphatic rings. The zero-order valence-corrected chi connectivity index (χ0v) is 14.8. The summed E-state index contributed by atoms with van der Waals surface area (Å²) >= 11 is 0. The first-order valence-electron chi connectivity index (χ1n) is 8.10. The molecule has 0 radical (unpaired) electrons. The van der Waals surface area contributed by atoms with E-state index in [-0.39, 0.29) is 5.69 Å². The maximum absolute atomic E-state index is 12.1. The summed E-state index contributed by atoms with van der Waals surface area (Å²) in [4.78, 5) is 45.0. The Labute approximate surface area is 159 Å². The van der Waals surface area contributed by atoms with E-state index in [1.54, 1.807) is 0 Å². The molecule has 0 saturated carbocycles. The van der Waals surface area contributed by atoms with Crippen LogP contribution in [0.25, 0.3) is 6.08 Å². The second-order valence-electron chi connectivity index (χ2n) is 5.69. The van der Waals surface area contributed by atoms with Gasteiger partial charge in [0.1, 0.15) is 0 Å². The number of rotatable bonds is 7. The molecule has 9 heteroatoms. The van der Waals surface area contributed by atoms with Gasteiger partial charge in [-0.1, -0.05) is 0 Å². The molecular formula is C19H17N3O6. The molecule has 0 heterocycles. The zero-order valence-electron chi connectivity index (χ0n) is 14.8. The molecule has 0 aromatic heterocycles. The van der Waals surface area contributed by atoms with Gasteiger partial charge < -0.3 is 15.8 Å². The highest BCUT2D eigenvalue weighted by molar-refractivity contribution is 5.97. The van der Waals surface area contributed by atoms with E-state index < -0.39 is 28.8 Å². The fourth-order valence-corrected chi connectivity index (χ4v) is 2.10. The predicted molar refractivity (Wildman–Crippen MR) is 101 cm³/mol. The van der Waals surface area contributed by atoms with E-state index in [1.165, 1.54) is 61.5 Å². The molecule has 0 saturated heterocycles. The number of carbonyl (C=O) groups is 3. The number of benzene rings is 2. The number of ether oxygens (including phenoxy) is 1. The average Bonchev–Trinajstić information content (AvgIpc) is 2.67. The SMILES string of the molecule is C[C@H](OC(=O)/C=C/c1ccc([N+](=O)[O-])cc1)C(=O)Nc1ccc(C(N)=O)cc1. The molecule has 0 bridgehead atoms. The van der Waals surface area contributed by atoms with Crippen molar-refractivity contribution in [2.75, 3.05) is 5.32 Å². The minimum absolute atomic E-state index is 0.0612. The lowest BCUT2D eigenvalue weighted by Crippen LogP contribution is -2.29. The van der Waals surface area contributed by atoms with Crippen molar-refractivity contribution in [2.45, 2.75) is 13.0 Å². The highest BCUT2D eigenvalue weighted by atomic mass is 16.6. The van der Waals surface area contributed by atoms with Crippen molar-refractivity contribution >= 4 is 35.2 Å². The Kier molecular flexibility index (Phi) is 6.58. The summed E-state index contributed by atoms with van der Waals surface area (Å²) < 4.78 is 5.01. The van der Waals surface area contributed by atoms with E-state index in [0.717, 1.165) is 6.08 Å². The van der Waals surface area contributed by atoms with Gasteiger partial charge in [-0.15, -0.1) is 0 Å². The van der Waals surface area contributed by atoms with Crippen molar-refractivity contribution < 1.29 is 24.0 Å². The standard InChI is InChI=1S/C19H17N3O6/c1-12(19(25)21-15-7-5-14(6-8-15)18(20)24)28-17(23)11-4-13-2-9-16(10-3-13)22(26)27/h2-12H,1H3,(H2,20,24)(H,21,25)/b11-4+/t12-/m0/s1. The molecule has 0 fully saturated rings. The van der Waals surface area contributed by atoms with Gasteiger partial charge in [0.05, 0.1) is 4.92 Å². The van der Waals surface area contributed by atoms with Crippen LogP contribution < -0.4 is 11.1 Å². The molecular weight excluding hydrogens is 366 g/mol. The van der Waals surface area contributed by atoms with Crippen LogP contribution in [0.4, 0.5) is 11.4 Å². The Hall–Kier alpha value is -4.01. The minimum Gasteiger partial charge on any atom is -0.449 e. The number of nitrogens with two attached hydrogens (primary N) is 1. The number of non-ortho nitro benzene ring substituents is 1. The molecule has 2 amide bonds. The predicted octanol–water partition coefficient (Wildman–Crippen LogP) is 2.28. The number of hydrogen-bond acceptors (Lipinski definition) is 6. The second-order valence-corrected chi connectivity index (χ2v) is 5.69. The number of nitro groups is 1. The van der Waals surface area contributed by atoms with E-state index in [0.29, 0.717) is 16.8 Å². The van der Waals surface area contributed by atoms with E-state index in [1.807, 2.05) is 0 Å². The maximum Gasteiger partial charge on any atom is 0.331 e. The van der Waals surface area contributed by atoms with Gasteiger partial charge in [0.2, 0.25) is 5.91 Å². The molecule has 0 aliphatic heterocycles. The monoisotopic (exact) mass is 383 g/mol. The summed E-state index contributed by atoms with van der Waals surface area (Å²) in [7, 11) is 0. The van der Waals surface area contributed by atoms with Crippen molar-refractivity contribution in [1.82, 2.24) is 0 Å². The molecule has 1 atom stereocenters. The summed E-state index contributed by atoms with van der Waals surface area (Å²) in [6, 6.07) is 11.5. The van der Waals surface area contributed by atoms with Gasteiger partial charge in [-0.3, -0.25) is 19.7 Å². The number of nitrogens with zero attached hydrogens (tertiary/aromatic N) is 1. The number of nitrogens with one attached hydrogen (secondary N) is 1. The number of esters is 1. The summed E-state index contributed by atoms with van der Waals surface area (Å²) in [6.45, 7) is 1.41. The Morgan fingerprint density at radius 2 is 1.71 bits per heavy atom. The van der Waals surface area contributed by atoms with Crippen LogP contribution in [0.5, 0.6) is 0 Å². The van der Waals surface area contributed by atoms with Gasteiger partial charge in [0, 0.05) is 29.5 Å². The van der Waals surface area contributed by atoms with Gasteiger partial charge in [-0.25, -0.2) is 4.79 Å². The third-order valence-electron chi connectivity index (χ3n) is 3.61. The highest BCUT2D eigenvalue weighted by Crippen LogP contribution is 2.13. The molecule has 2 rings (SSSR count). The number of primary amides is 1. The van der Waals surface area contributed by atoms with Crippen molar-refractivity contribution in [3.05, 3.63) is 75.8 Å². The number of carbonyl (C=O) groups excluding carboxylic acids is 3. The molecule has 28 heavy (non-hydrogen) atoms. The van der Waals surface area contributed by atoms with Gasteiger partial charge >= 0.3 is 5.97 Å². The fraction of sp³-hybridized carbons (Fsp3) is 0.105. The normalized spacial score (nSPS) is 11.6. The lowest BCUT2D eigenvalue weighted by Gasteiger charge is -2.12. The molecule has 2 aromatic rings. The van der Waals surface area contributed by atoms with E-state index in [4.69, 9.17) is 10.5 Å². The van der Waals surface area contributed by atoms with Gasteiger partial charge in [0.25, 0.3) is 11.6 Å². The van der Waals surface area contributed by atoms with Crippen LogP contribution in [0.2, 0.25) is 0 Å². The molecule has 0 aliphatic carbocycles. The van der Waals surface area contributed by atoms with E-state index >= 15 is 0 Å². The Balaban J connectivity index is 1.89. The molecule has 2 aromatic carbocycles. The topological polar surface area (TPSA) is 142 Å². The van der Waals surface area contributed by atoms with Crippen LogP contribution in [0.15, 0.2) is 54.6 Å². The van der Waals surface area contributed by atoms with Crippen molar-refractivity contribution in [1.29, 1.82) is 0 Å². The first-order valence-corrected chi connectivity index (χ1v) is 8.10. The summed E-state index contributed by atoms with van der Waals surface area (Å²) in [6.07, 6.45) is 1.47. The minimum atomic E-state index is -1.06. The van der Waals surface area contributed by atoms with Crippen LogP contribution in [0.1, 0.15) is 22.8 Å². The lowest BCUT2D eigenvalue weighted by molar-refractivity contribution is -0.384. The number of nitro benzene ring substituents is 1. The molecule has 9 nitrogen and oxygen atoms in total. The molecule has 0 unspecified atom stereocenters. The quantitative estimate of drug-likeness (QED) is 0.325. The summed E-state index contributed by atoms with van der Waals surface area (Å²) in [5.41, 5.74) is 6.36. The van der Waals surface area contributed by atoms with Crippen molar-refractivity contribution in [3.8, 4) is 0 Å².